The third-order valence-corrected chi connectivity index (χ3v) is 3.51. The minimum Gasteiger partial charge on any atom is -0.337 e. The number of rotatable bonds is 6. The minimum absolute atomic E-state index is 0.453. The predicted octanol–water partition coefficient (Wildman–Crippen LogP) is 2.86. The van der Waals surface area contributed by atoms with Crippen LogP contribution in [0.1, 0.15) is 47.0 Å². The lowest BCUT2D eigenvalue weighted by Gasteiger charge is -2.50. The summed E-state index contributed by atoms with van der Waals surface area (Å²) in [4.78, 5) is 2.36. The Kier molecular flexibility index (Phi) is 5.73. The molecule has 0 radical (unpaired) electrons. The molecule has 1 unspecified atom stereocenters. The molecule has 96 valence electrons. The van der Waals surface area contributed by atoms with Crippen molar-refractivity contribution in [2.24, 2.45) is 5.92 Å². The van der Waals surface area contributed by atoms with Crippen molar-refractivity contribution in [3.63, 3.8) is 0 Å². The summed E-state index contributed by atoms with van der Waals surface area (Å²) in [6, 6.07) is 0. The van der Waals surface area contributed by atoms with Crippen LogP contribution in [0.25, 0.3) is 0 Å². The predicted molar refractivity (Wildman–Crippen MR) is 66.2 cm³/mol. The Bertz CT molecular complexity index is 176. The summed E-state index contributed by atoms with van der Waals surface area (Å²) in [7, 11) is 0. The first-order valence-electron chi connectivity index (χ1n) is 6.78. The summed E-state index contributed by atoms with van der Waals surface area (Å²) < 4.78 is 12.0. The zero-order valence-corrected chi connectivity index (χ0v) is 11.3. The van der Waals surface area contributed by atoms with Gasteiger partial charge in [0.2, 0.25) is 5.91 Å². The van der Waals surface area contributed by atoms with E-state index in [2.05, 4.69) is 32.6 Å². The van der Waals surface area contributed by atoms with E-state index in [1.165, 1.54) is 12.8 Å². The van der Waals surface area contributed by atoms with Crippen LogP contribution in [0.4, 0.5) is 0 Å². The SMILES string of the molecule is CCOC1(OCC)C(CC)CCCN1CC. The van der Waals surface area contributed by atoms with Gasteiger partial charge in [0.25, 0.3) is 0 Å². The fourth-order valence-corrected chi connectivity index (χ4v) is 2.84. The molecule has 1 heterocycles. The molecule has 1 aliphatic heterocycles. The van der Waals surface area contributed by atoms with Crippen LogP contribution >= 0.6 is 0 Å². The fourth-order valence-electron chi connectivity index (χ4n) is 2.84. The molecule has 0 aromatic heterocycles. The van der Waals surface area contributed by atoms with Gasteiger partial charge in [0.05, 0.1) is 0 Å². The molecule has 1 aliphatic rings. The van der Waals surface area contributed by atoms with Crippen molar-refractivity contribution in [3.8, 4) is 0 Å². The molecule has 0 aromatic rings. The van der Waals surface area contributed by atoms with Crippen molar-refractivity contribution in [1.82, 2.24) is 4.90 Å². The van der Waals surface area contributed by atoms with Gasteiger partial charge in [0, 0.05) is 32.2 Å². The second kappa shape index (κ2) is 6.58. The maximum Gasteiger partial charge on any atom is 0.232 e. The highest BCUT2D eigenvalue weighted by molar-refractivity contribution is 4.84. The Morgan fingerprint density at radius 3 is 2.19 bits per heavy atom. The van der Waals surface area contributed by atoms with Crippen molar-refractivity contribution in [3.05, 3.63) is 0 Å². The quantitative estimate of drug-likeness (QED) is 0.654. The van der Waals surface area contributed by atoms with Gasteiger partial charge in [-0.05, 0) is 33.1 Å². The maximum absolute atomic E-state index is 6.02. The van der Waals surface area contributed by atoms with Crippen LogP contribution in [-0.2, 0) is 9.47 Å². The zero-order chi connectivity index (χ0) is 12.0. The molecule has 1 saturated heterocycles. The monoisotopic (exact) mass is 229 g/mol. The van der Waals surface area contributed by atoms with E-state index in [0.717, 1.165) is 19.5 Å². The molecule has 0 spiro atoms. The van der Waals surface area contributed by atoms with Gasteiger partial charge in [-0.25, -0.2) is 0 Å². The van der Waals surface area contributed by atoms with Crippen LogP contribution in [0, 0.1) is 5.92 Å². The highest BCUT2D eigenvalue weighted by Crippen LogP contribution is 2.37. The van der Waals surface area contributed by atoms with Crippen LogP contribution in [0.15, 0.2) is 0 Å². The highest BCUT2D eigenvalue weighted by atomic mass is 16.7. The molecule has 1 atom stereocenters. The van der Waals surface area contributed by atoms with Gasteiger partial charge in [-0.1, -0.05) is 13.8 Å². The van der Waals surface area contributed by atoms with Crippen molar-refractivity contribution in [2.75, 3.05) is 26.3 Å². The van der Waals surface area contributed by atoms with Crippen LogP contribution in [0.5, 0.6) is 0 Å². The van der Waals surface area contributed by atoms with Crippen LogP contribution < -0.4 is 0 Å². The van der Waals surface area contributed by atoms with E-state index in [4.69, 9.17) is 9.47 Å². The van der Waals surface area contributed by atoms with Crippen molar-refractivity contribution in [2.45, 2.75) is 52.9 Å². The molecule has 3 heteroatoms. The number of nitrogens with zero attached hydrogens (tertiary/aromatic N) is 1. The van der Waals surface area contributed by atoms with Crippen LogP contribution in [0.3, 0.4) is 0 Å². The third-order valence-electron chi connectivity index (χ3n) is 3.51. The van der Waals surface area contributed by atoms with Gasteiger partial charge in [-0.2, -0.15) is 0 Å². The number of hydrogen-bond donors (Lipinski definition) is 0. The average Bonchev–Trinajstić information content (AvgIpc) is 2.30. The fraction of sp³-hybridized carbons (Fsp3) is 1.00. The minimum atomic E-state index is -0.453. The molecule has 0 bridgehead atoms. The Balaban J connectivity index is 2.90. The molecule has 1 fully saturated rings. The van der Waals surface area contributed by atoms with Crippen molar-refractivity contribution >= 4 is 0 Å². The Hall–Kier alpha value is -0.120. The third kappa shape index (κ3) is 2.58. The second-order valence-electron chi connectivity index (χ2n) is 4.32. The molecule has 1 rings (SSSR count). The Labute approximate surface area is 100 Å². The van der Waals surface area contributed by atoms with E-state index in [9.17, 15) is 0 Å². The Morgan fingerprint density at radius 2 is 1.75 bits per heavy atom. The molecular weight excluding hydrogens is 202 g/mol. The molecule has 0 aliphatic carbocycles. The normalized spacial score (nSPS) is 25.9. The summed E-state index contributed by atoms with van der Waals surface area (Å²) in [6.45, 7) is 12.0. The topological polar surface area (TPSA) is 21.7 Å². The average molecular weight is 229 g/mol. The molecule has 0 N–H and O–H groups in total. The second-order valence-corrected chi connectivity index (χ2v) is 4.32. The number of likely N-dealkylation sites (tertiary alicyclic amines) is 1. The lowest BCUT2D eigenvalue weighted by molar-refractivity contribution is -0.352. The van der Waals surface area contributed by atoms with E-state index < -0.39 is 5.91 Å². The summed E-state index contributed by atoms with van der Waals surface area (Å²) in [5, 5.41) is 0. The first-order valence-corrected chi connectivity index (χ1v) is 6.78. The zero-order valence-electron chi connectivity index (χ0n) is 11.3. The van der Waals surface area contributed by atoms with Gasteiger partial charge < -0.3 is 9.47 Å². The Morgan fingerprint density at radius 1 is 1.12 bits per heavy atom. The smallest absolute Gasteiger partial charge is 0.232 e. The first-order chi connectivity index (χ1) is 7.75. The summed E-state index contributed by atoms with van der Waals surface area (Å²) in [6.07, 6.45) is 3.59. The van der Waals surface area contributed by atoms with E-state index >= 15 is 0 Å². The molecule has 16 heavy (non-hydrogen) atoms. The summed E-state index contributed by atoms with van der Waals surface area (Å²) in [5.41, 5.74) is 0. The number of hydrogen-bond acceptors (Lipinski definition) is 3. The molecule has 0 amide bonds. The molecular formula is C13H27NO2. The summed E-state index contributed by atoms with van der Waals surface area (Å²) >= 11 is 0. The lowest BCUT2D eigenvalue weighted by Crippen LogP contribution is -2.60. The van der Waals surface area contributed by atoms with Crippen molar-refractivity contribution in [1.29, 1.82) is 0 Å². The molecule has 0 saturated carbocycles. The van der Waals surface area contributed by atoms with Gasteiger partial charge in [-0.15, -0.1) is 0 Å². The molecule has 3 nitrogen and oxygen atoms in total. The summed E-state index contributed by atoms with van der Waals surface area (Å²) in [5.74, 6) is 0.0479. The van der Waals surface area contributed by atoms with E-state index in [0.29, 0.717) is 19.1 Å². The maximum atomic E-state index is 6.02. The largest absolute Gasteiger partial charge is 0.337 e. The van der Waals surface area contributed by atoms with Crippen molar-refractivity contribution < 1.29 is 9.47 Å². The standard InChI is InChI=1S/C13H27NO2/c1-5-12-10-9-11-14(6-2)13(12,15-7-3)16-8-4/h12H,5-11H2,1-4H3. The van der Waals surface area contributed by atoms with Crippen LogP contribution in [-0.4, -0.2) is 37.1 Å². The van der Waals surface area contributed by atoms with Gasteiger partial charge in [-0.3, -0.25) is 4.90 Å². The first kappa shape index (κ1) is 13.9. The highest BCUT2D eigenvalue weighted by Gasteiger charge is 2.46. The van der Waals surface area contributed by atoms with Gasteiger partial charge in [0.1, 0.15) is 0 Å². The van der Waals surface area contributed by atoms with E-state index in [-0.39, 0.29) is 0 Å². The van der Waals surface area contributed by atoms with Gasteiger partial charge >= 0.3 is 0 Å². The molecule has 0 aromatic carbocycles. The van der Waals surface area contributed by atoms with Gasteiger partial charge in [0.15, 0.2) is 0 Å². The van der Waals surface area contributed by atoms with E-state index in [1.807, 2.05) is 0 Å². The lowest BCUT2D eigenvalue weighted by atomic mass is 9.90. The van der Waals surface area contributed by atoms with Crippen LogP contribution in [0.2, 0.25) is 0 Å². The number of piperidine rings is 1. The number of ether oxygens (including phenoxy) is 2. The van der Waals surface area contributed by atoms with E-state index in [1.54, 1.807) is 0 Å².